The van der Waals surface area contributed by atoms with Gasteiger partial charge in [0.05, 0.1) is 11.9 Å². The number of alkyl halides is 1. The summed E-state index contributed by atoms with van der Waals surface area (Å²) < 4.78 is 14.6. The van der Waals surface area contributed by atoms with Gasteiger partial charge in [0.2, 0.25) is 0 Å². The van der Waals surface area contributed by atoms with Gasteiger partial charge in [-0.15, -0.1) is 11.3 Å². The third kappa shape index (κ3) is 2.42. The number of nitrogens with zero attached hydrogens (tertiary/aromatic N) is 3. The Balaban J connectivity index is 2.10. The average molecular weight is 273 g/mol. The third-order valence-corrected chi connectivity index (χ3v) is 3.96. The van der Waals surface area contributed by atoms with Crippen LogP contribution in [0.2, 0.25) is 0 Å². The molecular weight excluding hydrogens is 261 g/mol. The van der Waals surface area contributed by atoms with Crippen LogP contribution in [0, 0.1) is 0 Å². The second kappa shape index (κ2) is 4.89. The Bertz CT molecular complexity index is 469. The van der Waals surface area contributed by atoms with Crippen LogP contribution in [-0.4, -0.2) is 45.6 Å². The summed E-state index contributed by atoms with van der Waals surface area (Å²) in [5.41, 5.74) is -1.19. The van der Waals surface area contributed by atoms with E-state index in [2.05, 4.69) is 10.1 Å². The molecule has 1 amide bonds. The van der Waals surface area contributed by atoms with Crippen molar-refractivity contribution in [1.29, 1.82) is 0 Å². The van der Waals surface area contributed by atoms with E-state index in [1.165, 1.54) is 4.90 Å². The minimum Gasteiger partial charge on any atom is -0.465 e. The van der Waals surface area contributed by atoms with Crippen molar-refractivity contribution in [1.82, 2.24) is 9.88 Å². The molecule has 8 heteroatoms. The standard InChI is InChI=1S/C10H12FN3O3S/c11-10(1-3-14(4-2-10)9(15)16)8-13-7(5-12-17)6-18-8/h5-6,17H,1-4H2,(H,15,16). The molecule has 1 aliphatic heterocycles. The van der Waals surface area contributed by atoms with E-state index in [-0.39, 0.29) is 25.9 Å². The van der Waals surface area contributed by atoms with E-state index in [0.717, 1.165) is 17.6 Å². The Kier molecular flexibility index (Phi) is 3.46. The molecule has 0 radical (unpaired) electrons. The lowest BCUT2D eigenvalue weighted by Crippen LogP contribution is -2.42. The molecule has 1 aromatic rings. The molecule has 2 N–H and O–H groups in total. The smallest absolute Gasteiger partial charge is 0.407 e. The molecule has 2 rings (SSSR count). The number of rotatable bonds is 2. The van der Waals surface area contributed by atoms with Gasteiger partial charge in [-0.2, -0.15) is 0 Å². The third-order valence-electron chi connectivity index (χ3n) is 2.92. The zero-order valence-corrected chi connectivity index (χ0v) is 10.2. The SMILES string of the molecule is O=C(O)N1CCC(F)(c2nc(C=NO)cs2)CC1. The Labute approximate surface area is 106 Å². The first-order chi connectivity index (χ1) is 8.55. The second-order valence-electron chi connectivity index (χ2n) is 4.06. The lowest BCUT2D eigenvalue weighted by molar-refractivity contribution is 0.0549. The number of amides is 1. The lowest BCUT2D eigenvalue weighted by Gasteiger charge is -2.33. The van der Waals surface area contributed by atoms with E-state index < -0.39 is 11.8 Å². The fraction of sp³-hybridized carbons (Fsp3) is 0.500. The Hall–Kier alpha value is -1.70. The van der Waals surface area contributed by atoms with Gasteiger partial charge < -0.3 is 15.2 Å². The highest BCUT2D eigenvalue weighted by Crippen LogP contribution is 2.38. The van der Waals surface area contributed by atoms with Gasteiger partial charge in [0.1, 0.15) is 5.01 Å². The fourth-order valence-corrected chi connectivity index (χ4v) is 2.80. The minimum absolute atomic E-state index is 0.0997. The van der Waals surface area contributed by atoms with Crippen LogP contribution in [0.15, 0.2) is 10.5 Å². The molecule has 6 nitrogen and oxygen atoms in total. The van der Waals surface area contributed by atoms with E-state index in [1.54, 1.807) is 5.38 Å². The number of hydrogen-bond donors (Lipinski definition) is 2. The van der Waals surface area contributed by atoms with Crippen molar-refractivity contribution in [3.63, 3.8) is 0 Å². The van der Waals surface area contributed by atoms with E-state index in [9.17, 15) is 9.18 Å². The maximum atomic E-state index is 14.6. The van der Waals surface area contributed by atoms with Crippen LogP contribution in [0.1, 0.15) is 23.5 Å². The molecule has 0 aliphatic carbocycles. The van der Waals surface area contributed by atoms with Crippen LogP contribution in [0.4, 0.5) is 9.18 Å². The minimum atomic E-state index is -1.59. The zero-order chi connectivity index (χ0) is 13.2. The first kappa shape index (κ1) is 12.7. The summed E-state index contributed by atoms with van der Waals surface area (Å²) >= 11 is 1.15. The van der Waals surface area contributed by atoms with Crippen molar-refractivity contribution >= 4 is 23.6 Å². The van der Waals surface area contributed by atoms with E-state index >= 15 is 0 Å². The highest BCUT2D eigenvalue weighted by molar-refractivity contribution is 7.10. The monoisotopic (exact) mass is 273 g/mol. The Morgan fingerprint density at radius 2 is 2.28 bits per heavy atom. The molecule has 2 heterocycles. The number of likely N-dealkylation sites (tertiary alicyclic amines) is 1. The van der Waals surface area contributed by atoms with Gasteiger partial charge in [-0.25, -0.2) is 14.2 Å². The predicted octanol–water partition coefficient (Wildman–Crippen LogP) is 1.89. The second-order valence-corrected chi connectivity index (χ2v) is 4.92. The van der Waals surface area contributed by atoms with Gasteiger partial charge in [0, 0.05) is 31.3 Å². The van der Waals surface area contributed by atoms with Crippen LogP contribution in [0.25, 0.3) is 0 Å². The summed E-state index contributed by atoms with van der Waals surface area (Å²) in [4.78, 5) is 16.0. The van der Waals surface area contributed by atoms with Crippen LogP contribution in [0.3, 0.4) is 0 Å². The average Bonchev–Trinajstić information content (AvgIpc) is 2.79. The van der Waals surface area contributed by atoms with Crippen molar-refractivity contribution in [2.45, 2.75) is 18.5 Å². The lowest BCUT2D eigenvalue weighted by atomic mass is 9.94. The van der Waals surface area contributed by atoms with Gasteiger partial charge in [-0.3, -0.25) is 0 Å². The van der Waals surface area contributed by atoms with Crippen LogP contribution < -0.4 is 0 Å². The van der Waals surface area contributed by atoms with Gasteiger partial charge in [-0.05, 0) is 0 Å². The van der Waals surface area contributed by atoms with Crippen LogP contribution in [-0.2, 0) is 5.67 Å². The number of carbonyl (C=O) groups is 1. The molecule has 0 atom stereocenters. The number of thiazole rings is 1. The van der Waals surface area contributed by atoms with Crippen molar-refractivity contribution < 1.29 is 19.5 Å². The van der Waals surface area contributed by atoms with E-state index in [1.807, 2.05) is 0 Å². The Morgan fingerprint density at radius 1 is 1.61 bits per heavy atom. The highest BCUT2D eigenvalue weighted by Gasteiger charge is 2.40. The first-order valence-electron chi connectivity index (χ1n) is 5.35. The van der Waals surface area contributed by atoms with Crippen molar-refractivity contribution in [2.24, 2.45) is 5.16 Å². The highest BCUT2D eigenvalue weighted by atomic mass is 32.1. The van der Waals surface area contributed by atoms with E-state index in [4.69, 9.17) is 10.3 Å². The molecule has 0 saturated carbocycles. The predicted molar refractivity (Wildman–Crippen MR) is 63.1 cm³/mol. The molecule has 1 aromatic heterocycles. The molecule has 0 spiro atoms. The van der Waals surface area contributed by atoms with Gasteiger partial charge in [0.15, 0.2) is 5.67 Å². The zero-order valence-electron chi connectivity index (χ0n) is 9.41. The first-order valence-corrected chi connectivity index (χ1v) is 6.23. The van der Waals surface area contributed by atoms with Crippen molar-refractivity contribution in [2.75, 3.05) is 13.1 Å². The summed E-state index contributed by atoms with van der Waals surface area (Å²) in [6.45, 7) is 0.323. The molecule has 1 fully saturated rings. The maximum Gasteiger partial charge on any atom is 0.407 e. The van der Waals surface area contributed by atoms with Gasteiger partial charge >= 0.3 is 6.09 Å². The molecule has 1 saturated heterocycles. The van der Waals surface area contributed by atoms with E-state index in [0.29, 0.717) is 10.7 Å². The summed E-state index contributed by atoms with van der Waals surface area (Å²) in [6.07, 6.45) is 0.310. The van der Waals surface area contributed by atoms with Crippen molar-refractivity contribution in [3.8, 4) is 0 Å². The number of halogens is 1. The normalized spacial score (nSPS) is 19.3. The maximum absolute atomic E-state index is 14.6. The molecule has 0 unspecified atom stereocenters. The van der Waals surface area contributed by atoms with Crippen LogP contribution >= 0.6 is 11.3 Å². The van der Waals surface area contributed by atoms with Gasteiger partial charge in [0.25, 0.3) is 0 Å². The largest absolute Gasteiger partial charge is 0.465 e. The molecular formula is C10H12FN3O3S. The van der Waals surface area contributed by atoms with Crippen molar-refractivity contribution in [3.05, 3.63) is 16.1 Å². The summed E-state index contributed by atoms with van der Waals surface area (Å²) in [5.74, 6) is 0. The summed E-state index contributed by atoms with van der Waals surface area (Å²) in [6, 6.07) is 0. The Morgan fingerprint density at radius 3 is 2.83 bits per heavy atom. The molecule has 0 bridgehead atoms. The number of hydrogen-bond acceptors (Lipinski definition) is 5. The number of aromatic nitrogens is 1. The molecule has 18 heavy (non-hydrogen) atoms. The fourth-order valence-electron chi connectivity index (χ4n) is 1.88. The molecule has 98 valence electrons. The topological polar surface area (TPSA) is 86.0 Å². The van der Waals surface area contributed by atoms with Gasteiger partial charge in [-0.1, -0.05) is 5.16 Å². The quantitative estimate of drug-likeness (QED) is 0.489. The number of piperidine rings is 1. The molecule has 0 aromatic carbocycles. The number of carboxylic acid groups (broad SMARTS) is 1. The molecule has 1 aliphatic rings. The summed E-state index contributed by atoms with van der Waals surface area (Å²) in [7, 11) is 0. The van der Waals surface area contributed by atoms with Crippen LogP contribution in [0.5, 0.6) is 0 Å². The number of oxime groups is 1. The summed E-state index contributed by atoms with van der Waals surface area (Å²) in [5, 5.41) is 21.9.